The largest absolute Gasteiger partial charge is 0.325 e. The van der Waals surface area contributed by atoms with Crippen LogP contribution in [-0.4, -0.2) is 32.0 Å². The Labute approximate surface area is 179 Å². The van der Waals surface area contributed by atoms with Gasteiger partial charge in [0.1, 0.15) is 5.82 Å². The third-order valence-electron chi connectivity index (χ3n) is 5.00. The zero-order valence-corrected chi connectivity index (χ0v) is 18.2. The number of halogens is 2. The molecule has 1 unspecified atom stereocenters. The third kappa shape index (κ3) is 4.65. The molecule has 0 saturated carbocycles. The Kier molecular flexibility index (Phi) is 6.47. The molecule has 0 aliphatic carbocycles. The van der Waals surface area contributed by atoms with Crippen molar-refractivity contribution >= 4 is 44.6 Å². The van der Waals surface area contributed by atoms with Crippen molar-refractivity contribution in [2.24, 2.45) is 0 Å². The number of anilines is 2. The lowest BCUT2D eigenvalue weighted by molar-refractivity contribution is -0.118. The lowest BCUT2D eigenvalue weighted by Crippen LogP contribution is -2.35. The minimum atomic E-state index is -3.70. The Morgan fingerprint density at radius 2 is 1.97 bits per heavy atom. The minimum Gasteiger partial charge on any atom is -0.325 e. The number of fused-ring (bicyclic) bond motifs is 1. The summed E-state index contributed by atoms with van der Waals surface area (Å²) in [5.74, 6) is -1.47. The Morgan fingerprint density at radius 3 is 2.63 bits per heavy atom. The second-order valence-corrected chi connectivity index (χ2v) is 9.72. The van der Waals surface area contributed by atoms with E-state index in [1.807, 2.05) is 6.92 Å². The van der Waals surface area contributed by atoms with Gasteiger partial charge in [-0.25, -0.2) is 12.8 Å². The molecule has 0 radical (unpaired) electrons. The van der Waals surface area contributed by atoms with Crippen molar-refractivity contribution in [3.05, 3.63) is 52.8 Å². The molecule has 0 spiro atoms. The maximum absolute atomic E-state index is 13.1. The van der Waals surface area contributed by atoms with Crippen LogP contribution >= 0.6 is 11.6 Å². The monoisotopic (exact) mass is 452 g/mol. The lowest BCUT2D eigenvalue weighted by Gasteiger charge is -2.22. The normalized spacial score (nSPS) is 15.7. The van der Waals surface area contributed by atoms with E-state index in [1.54, 1.807) is 24.0 Å². The SMILES string of the molecule is CCC(=O)N1c2ccc(S(=O)(=O)CCC(=O)Nc3ccc(F)cc3Cl)cc2CC1C. The Hall–Kier alpha value is -2.45. The van der Waals surface area contributed by atoms with Crippen molar-refractivity contribution in [3.63, 3.8) is 0 Å². The molecule has 30 heavy (non-hydrogen) atoms. The topological polar surface area (TPSA) is 83.6 Å². The highest BCUT2D eigenvalue weighted by molar-refractivity contribution is 7.91. The van der Waals surface area contributed by atoms with E-state index < -0.39 is 21.6 Å². The maximum atomic E-state index is 13.1. The third-order valence-corrected chi connectivity index (χ3v) is 7.03. The highest BCUT2D eigenvalue weighted by Gasteiger charge is 2.31. The van der Waals surface area contributed by atoms with Gasteiger partial charge in [0.2, 0.25) is 11.8 Å². The zero-order chi connectivity index (χ0) is 22.1. The first-order valence-electron chi connectivity index (χ1n) is 9.55. The molecule has 2 aromatic rings. The van der Waals surface area contributed by atoms with Crippen molar-refractivity contribution in [1.82, 2.24) is 0 Å². The molecule has 1 heterocycles. The molecule has 1 aliphatic heterocycles. The standard InChI is InChI=1S/C21H22ClFN2O4S/c1-3-21(27)25-13(2)10-14-11-16(5-7-19(14)25)30(28,29)9-8-20(26)24-18-6-4-15(23)12-17(18)22/h4-7,11-13H,3,8-10H2,1-2H3,(H,24,26). The van der Waals surface area contributed by atoms with E-state index in [1.165, 1.54) is 12.1 Å². The van der Waals surface area contributed by atoms with Crippen molar-refractivity contribution in [2.45, 2.75) is 44.0 Å². The molecule has 2 amide bonds. The Balaban J connectivity index is 1.70. The molecular weight excluding hydrogens is 431 g/mol. The van der Waals surface area contributed by atoms with Crippen molar-refractivity contribution in [2.75, 3.05) is 16.0 Å². The fourth-order valence-corrected chi connectivity index (χ4v) is 5.00. The fraction of sp³-hybridized carbons (Fsp3) is 0.333. The summed E-state index contributed by atoms with van der Waals surface area (Å²) in [6, 6.07) is 8.20. The number of hydrogen-bond donors (Lipinski definition) is 1. The number of nitrogens with zero attached hydrogens (tertiary/aromatic N) is 1. The van der Waals surface area contributed by atoms with Gasteiger partial charge in [0.25, 0.3) is 0 Å². The van der Waals surface area contributed by atoms with Crippen molar-refractivity contribution < 1.29 is 22.4 Å². The summed E-state index contributed by atoms with van der Waals surface area (Å²) in [6.07, 6.45) is 0.676. The van der Waals surface area contributed by atoms with Crippen LogP contribution in [0.25, 0.3) is 0 Å². The number of rotatable bonds is 6. The summed E-state index contributed by atoms with van der Waals surface area (Å²) in [7, 11) is -3.70. The molecule has 1 atom stereocenters. The second kappa shape index (κ2) is 8.73. The predicted octanol–water partition coefficient (Wildman–Crippen LogP) is 3.97. The smallest absolute Gasteiger partial charge is 0.226 e. The molecule has 3 rings (SSSR count). The van der Waals surface area contributed by atoms with Gasteiger partial charge >= 0.3 is 0 Å². The quantitative estimate of drug-likeness (QED) is 0.718. The van der Waals surface area contributed by atoms with Gasteiger partial charge in [0.05, 0.1) is 21.4 Å². The van der Waals surface area contributed by atoms with E-state index in [-0.39, 0.29) is 39.7 Å². The molecule has 0 bridgehead atoms. The number of carbonyl (C=O) groups is 2. The van der Waals surface area contributed by atoms with Gasteiger partial charge in [0, 0.05) is 24.6 Å². The molecule has 0 fully saturated rings. The summed E-state index contributed by atoms with van der Waals surface area (Å²) in [6.45, 7) is 3.71. The van der Waals surface area contributed by atoms with E-state index in [2.05, 4.69) is 5.32 Å². The molecule has 0 aromatic heterocycles. The number of amides is 2. The van der Waals surface area contributed by atoms with Crippen LogP contribution in [0.5, 0.6) is 0 Å². The number of carbonyl (C=O) groups excluding carboxylic acids is 2. The van der Waals surface area contributed by atoms with Gasteiger partial charge in [-0.05, 0) is 55.3 Å². The van der Waals surface area contributed by atoms with Gasteiger partial charge in [-0.15, -0.1) is 0 Å². The first-order chi connectivity index (χ1) is 14.1. The van der Waals surface area contributed by atoms with Crippen LogP contribution < -0.4 is 10.2 Å². The van der Waals surface area contributed by atoms with E-state index in [0.29, 0.717) is 12.8 Å². The Bertz CT molecular complexity index is 1100. The zero-order valence-electron chi connectivity index (χ0n) is 16.6. The number of nitrogens with one attached hydrogen (secondary N) is 1. The summed E-state index contributed by atoms with van der Waals surface area (Å²) in [5.41, 5.74) is 1.75. The highest BCUT2D eigenvalue weighted by atomic mass is 35.5. The number of hydrogen-bond acceptors (Lipinski definition) is 4. The number of benzene rings is 2. The van der Waals surface area contributed by atoms with E-state index in [9.17, 15) is 22.4 Å². The second-order valence-electron chi connectivity index (χ2n) is 7.20. The molecule has 1 N–H and O–H groups in total. The van der Waals surface area contributed by atoms with E-state index in [4.69, 9.17) is 11.6 Å². The molecule has 6 nitrogen and oxygen atoms in total. The van der Waals surface area contributed by atoms with E-state index >= 15 is 0 Å². The van der Waals surface area contributed by atoms with Crippen LogP contribution in [0.3, 0.4) is 0 Å². The van der Waals surface area contributed by atoms with Gasteiger partial charge < -0.3 is 10.2 Å². The molecule has 0 saturated heterocycles. The number of sulfone groups is 1. The van der Waals surface area contributed by atoms with Gasteiger partial charge in [-0.2, -0.15) is 0 Å². The van der Waals surface area contributed by atoms with Crippen LogP contribution in [0.4, 0.5) is 15.8 Å². The van der Waals surface area contributed by atoms with Crippen molar-refractivity contribution in [1.29, 1.82) is 0 Å². The van der Waals surface area contributed by atoms with Crippen molar-refractivity contribution in [3.8, 4) is 0 Å². The van der Waals surface area contributed by atoms with Crippen LogP contribution in [0.2, 0.25) is 5.02 Å². The van der Waals surface area contributed by atoms with Gasteiger partial charge in [-0.1, -0.05) is 18.5 Å². The summed E-state index contributed by atoms with van der Waals surface area (Å²) in [4.78, 5) is 26.1. The molecular formula is C21H22ClFN2O4S. The van der Waals surface area contributed by atoms with Crippen LogP contribution in [-0.2, 0) is 25.8 Å². The average molecular weight is 453 g/mol. The summed E-state index contributed by atoms with van der Waals surface area (Å²) < 4.78 is 38.5. The predicted molar refractivity (Wildman–Crippen MR) is 114 cm³/mol. The molecule has 9 heteroatoms. The first kappa shape index (κ1) is 22.2. The molecule has 2 aromatic carbocycles. The first-order valence-corrected chi connectivity index (χ1v) is 11.6. The average Bonchev–Trinajstić information content (AvgIpc) is 3.03. The molecule has 1 aliphatic rings. The van der Waals surface area contributed by atoms with Gasteiger partial charge in [0.15, 0.2) is 9.84 Å². The fourth-order valence-electron chi connectivity index (χ4n) is 3.50. The minimum absolute atomic E-state index is 0.00650. The lowest BCUT2D eigenvalue weighted by atomic mass is 10.1. The van der Waals surface area contributed by atoms with E-state index in [0.717, 1.165) is 23.4 Å². The summed E-state index contributed by atoms with van der Waals surface area (Å²) >= 11 is 5.87. The van der Waals surface area contributed by atoms with Crippen LogP contribution in [0, 0.1) is 5.82 Å². The van der Waals surface area contributed by atoms with Crippen LogP contribution in [0.15, 0.2) is 41.3 Å². The highest BCUT2D eigenvalue weighted by Crippen LogP contribution is 2.34. The van der Waals surface area contributed by atoms with Crippen LogP contribution in [0.1, 0.15) is 32.3 Å². The maximum Gasteiger partial charge on any atom is 0.226 e. The summed E-state index contributed by atoms with van der Waals surface area (Å²) in [5, 5.41) is 2.52. The Morgan fingerprint density at radius 1 is 1.23 bits per heavy atom. The molecule has 160 valence electrons. The van der Waals surface area contributed by atoms with Gasteiger partial charge in [-0.3, -0.25) is 9.59 Å².